The van der Waals surface area contributed by atoms with E-state index in [4.69, 9.17) is 9.47 Å². The number of rotatable bonds is 0. The number of cyclic esters (lactones) is 2. The highest BCUT2D eigenvalue weighted by Crippen LogP contribution is 2.20. The van der Waals surface area contributed by atoms with Gasteiger partial charge in [-0.1, -0.05) is 6.58 Å². The van der Waals surface area contributed by atoms with Gasteiger partial charge in [0, 0.05) is 13.8 Å². The maximum Gasteiger partial charge on any atom is 0.337 e. The average Bonchev–Trinajstić information content (AvgIpc) is 1.97. The van der Waals surface area contributed by atoms with Crippen LogP contribution in [0.15, 0.2) is 24.2 Å². The molecule has 0 aromatic carbocycles. The Morgan fingerprint density at radius 2 is 1.88 bits per heavy atom. The number of carbonyl (C=O) groups is 2. The monoisotopic (exact) mass is 226 g/mol. The summed E-state index contributed by atoms with van der Waals surface area (Å²) in [7, 11) is 0. The second-order valence-corrected chi connectivity index (χ2v) is 3.87. The standard InChI is InChI=1S/C7H10O3.C4H4O2/c1-5-4-6(8)10-7(2,3)9-5;1-3-2-4(5)6-3/h4H,1-3H3;1-2H2. The molecule has 0 aliphatic carbocycles. The minimum absolute atomic E-state index is 0.167. The van der Waals surface area contributed by atoms with E-state index in [1.807, 2.05) is 0 Å². The van der Waals surface area contributed by atoms with Gasteiger partial charge < -0.3 is 14.2 Å². The molecule has 0 aromatic rings. The first-order valence-electron chi connectivity index (χ1n) is 4.77. The summed E-state index contributed by atoms with van der Waals surface area (Å²) in [5.74, 6) is -0.120. The number of esters is 2. The van der Waals surface area contributed by atoms with Crippen molar-refractivity contribution in [3.63, 3.8) is 0 Å². The van der Waals surface area contributed by atoms with Gasteiger partial charge in [0.2, 0.25) is 5.79 Å². The zero-order valence-electron chi connectivity index (χ0n) is 9.53. The van der Waals surface area contributed by atoms with Crippen molar-refractivity contribution in [1.82, 2.24) is 0 Å². The molecule has 0 atom stereocenters. The van der Waals surface area contributed by atoms with E-state index < -0.39 is 5.79 Å². The quantitative estimate of drug-likeness (QED) is 0.588. The highest BCUT2D eigenvalue weighted by atomic mass is 16.7. The van der Waals surface area contributed by atoms with Crippen LogP contribution in [0.1, 0.15) is 27.2 Å². The van der Waals surface area contributed by atoms with Crippen molar-refractivity contribution < 1.29 is 23.8 Å². The fourth-order valence-electron chi connectivity index (χ4n) is 1.19. The van der Waals surface area contributed by atoms with E-state index in [2.05, 4.69) is 11.3 Å². The number of carbonyl (C=O) groups excluding carboxylic acids is 2. The molecular weight excluding hydrogens is 212 g/mol. The van der Waals surface area contributed by atoms with Crippen LogP contribution in [0, 0.1) is 0 Å². The molecular formula is C11H14O5. The van der Waals surface area contributed by atoms with E-state index in [-0.39, 0.29) is 11.9 Å². The highest BCUT2D eigenvalue weighted by molar-refractivity contribution is 5.83. The topological polar surface area (TPSA) is 61.8 Å². The SMILES string of the molecule is C=C1CC(=O)O1.CC1=CC(=O)OC(C)(C)O1. The maximum atomic E-state index is 10.7. The van der Waals surface area contributed by atoms with Gasteiger partial charge in [-0.05, 0) is 6.92 Å². The van der Waals surface area contributed by atoms with Crippen LogP contribution in [0.4, 0.5) is 0 Å². The molecule has 0 unspecified atom stereocenters. The van der Waals surface area contributed by atoms with Crippen LogP contribution in [0.5, 0.6) is 0 Å². The predicted octanol–water partition coefficient (Wildman–Crippen LogP) is 1.65. The van der Waals surface area contributed by atoms with E-state index in [0.717, 1.165) is 0 Å². The van der Waals surface area contributed by atoms with Crippen molar-refractivity contribution in [3.8, 4) is 0 Å². The summed E-state index contributed by atoms with van der Waals surface area (Å²) in [6.07, 6.45) is 1.74. The Bertz CT molecular complexity index is 343. The molecule has 2 rings (SSSR count). The third-order valence-electron chi connectivity index (χ3n) is 1.67. The Labute approximate surface area is 93.7 Å². The molecule has 0 amide bonds. The summed E-state index contributed by atoms with van der Waals surface area (Å²) in [6, 6.07) is 0. The van der Waals surface area contributed by atoms with Gasteiger partial charge in [-0.25, -0.2) is 4.79 Å². The van der Waals surface area contributed by atoms with Gasteiger partial charge in [-0.3, -0.25) is 4.79 Å². The molecule has 0 spiro atoms. The summed E-state index contributed by atoms with van der Waals surface area (Å²) < 4.78 is 14.3. The van der Waals surface area contributed by atoms with Crippen LogP contribution in [0.25, 0.3) is 0 Å². The number of hydrogen-bond acceptors (Lipinski definition) is 5. The van der Waals surface area contributed by atoms with Crippen molar-refractivity contribution in [2.75, 3.05) is 0 Å². The van der Waals surface area contributed by atoms with Gasteiger partial charge in [0.05, 0.1) is 6.08 Å². The van der Waals surface area contributed by atoms with E-state index in [0.29, 0.717) is 17.9 Å². The van der Waals surface area contributed by atoms with Gasteiger partial charge in [0.15, 0.2) is 0 Å². The normalized spacial score (nSPS) is 21.4. The van der Waals surface area contributed by atoms with Gasteiger partial charge >= 0.3 is 11.9 Å². The number of hydrogen-bond donors (Lipinski definition) is 0. The number of allylic oxidation sites excluding steroid dienone is 1. The lowest BCUT2D eigenvalue weighted by atomic mass is 10.3. The second kappa shape index (κ2) is 4.38. The molecule has 0 saturated carbocycles. The molecule has 2 aliphatic rings. The zero-order chi connectivity index (χ0) is 12.3. The van der Waals surface area contributed by atoms with Crippen LogP contribution < -0.4 is 0 Å². The molecule has 2 heterocycles. The predicted molar refractivity (Wildman–Crippen MR) is 54.9 cm³/mol. The van der Waals surface area contributed by atoms with Crippen molar-refractivity contribution in [2.45, 2.75) is 33.0 Å². The molecule has 1 saturated heterocycles. The Morgan fingerprint density at radius 1 is 1.31 bits per heavy atom. The molecule has 0 radical (unpaired) electrons. The summed E-state index contributed by atoms with van der Waals surface area (Å²) in [6.45, 7) is 8.48. The minimum Gasteiger partial charge on any atom is -0.457 e. The van der Waals surface area contributed by atoms with Crippen LogP contribution in [-0.2, 0) is 23.8 Å². The Morgan fingerprint density at radius 3 is 2.12 bits per heavy atom. The zero-order valence-corrected chi connectivity index (χ0v) is 9.53. The van der Waals surface area contributed by atoms with E-state index >= 15 is 0 Å². The lowest BCUT2D eigenvalue weighted by Crippen LogP contribution is -2.33. The van der Waals surface area contributed by atoms with Crippen molar-refractivity contribution in [3.05, 3.63) is 24.2 Å². The Balaban J connectivity index is 0.000000181. The molecule has 5 nitrogen and oxygen atoms in total. The third kappa shape index (κ3) is 3.76. The largest absolute Gasteiger partial charge is 0.457 e. The first kappa shape index (κ1) is 12.3. The van der Waals surface area contributed by atoms with Gasteiger partial charge in [-0.2, -0.15) is 0 Å². The molecule has 16 heavy (non-hydrogen) atoms. The fraction of sp³-hybridized carbons (Fsp3) is 0.455. The fourth-order valence-corrected chi connectivity index (χ4v) is 1.19. The third-order valence-corrected chi connectivity index (χ3v) is 1.67. The van der Waals surface area contributed by atoms with Gasteiger partial charge in [-0.15, -0.1) is 0 Å². The Hall–Kier alpha value is -1.78. The van der Waals surface area contributed by atoms with Crippen molar-refractivity contribution in [2.24, 2.45) is 0 Å². The van der Waals surface area contributed by atoms with Crippen LogP contribution in [-0.4, -0.2) is 17.7 Å². The smallest absolute Gasteiger partial charge is 0.337 e. The minimum atomic E-state index is -0.796. The number of ether oxygens (including phenoxy) is 3. The average molecular weight is 226 g/mol. The lowest BCUT2D eigenvalue weighted by Gasteiger charge is -2.29. The van der Waals surface area contributed by atoms with E-state index in [1.165, 1.54) is 6.08 Å². The first-order chi connectivity index (χ1) is 7.28. The van der Waals surface area contributed by atoms with E-state index in [9.17, 15) is 9.59 Å². The highest BCUT2D eigenvalue weighted by Gasteiger charge is 2.27. The lowest BCUT2D eigenvalue weighted by molar-refractivity contribution is -0.204. The van der Waals surface area contributed by atoms with Gasteiger partial charge in [0.1, 0.15) is 17.9 Å². The summed E-state index contributed by atoms with van der Waals surface area (Å²) in [5.41, 5.74) is 0. The summed E-state index contributed by atoms with van der Waals surface area (Å²) in [4.78, 5) is 20.5. The molecule has 0 aromatic heterocycles. The maximum absolute atomic E-state index is 10.7. The van der Waals surface area contributed by atoms with Crippen LogP contribution in [0.3, 0.4) is 0 Å². The van der Waals surface area contributed by atoms with Crippen molar-refractivity contribution in [1.29, 1.82) is 0 Å². The molecule has 1 fully saturated rings. The first-order valence-corrected chi connectivity index (χ1v) is 4.77. The summed E-state index contributed by atoms with van der Waals surface area (Å²) in [5, 5.41) is 0. The van der Waals surface area contributed by atoms with Crippen LogP contribution in [0.2, 0.25) is 0 Å². The second-order valence-electron chi connectivity index (χ2n) is 3.87. The van der Waals surface area contributed by atoms with E-state index in [1.54, 1.807) is 20.8 Å². The molecule has 88 valence electrons. The van der Waals surface area contributed by atoms with Gasteiger partial charge in [0.25, 0.3) is 0 Å². The molecule has 0 bridgehead atoms. The van der Waals surface area contributed by atoms with Crippen LogP contribution >= 0.6 is 0 Å². The molecule has 2 aliphatic heterocycles. The van der Waals surface area contributed by atoms with Crippen molar-refractivity contribution >= 4 is 11.9 Å². The molecule has 5 heteroatoms. The summed E-state index contributed by atoms with van der Waals surface area (Å²) >= 11 is 0. The Kier molecular flexibility index (Phi) is 3.37. The molecule has 0 N–H and O–H groups in total.